The number of amides is 1. The van der Waals surface area contributed by atoms with Crippen molar-refractivity contribution >= 4 is 11.9 Å². The third-order valence-corrected chi connectivity index (χ3v) is 3.83. The number of carboxylic acid groups (broad SMARTS) is 1. The van der Waals surface area contributed by atoms with Crippen LogP contribution in [0.5, 0.6) is 5.75 Å². The summed E-state index contributed by atoms with van der Waals surface area (Å²) in [6, 6.07) is 3.52. The van der Waals surface area contributed by atoms with Gasteiger partial charge in [-0.3, -0.25) is 9.59 Å². The van der Waals surface area contributed by atoms with Gasteiger partial charge in [-0.05, 0) is 19.1 Å². The molecule has 1 aromatic carbocycles. The van der Waals surface area contributed by atoms with E-state index in [-0.39, 0.29) is 17.9 Å². The van der Waals surface area contributed by atoms with Gasteiger partial charge in [0.25, 0.3) is 5.91 Å². The predicted molar refractivity (Wildman–Crippen MR) is 74.1 cm³/mol. The van der Waals surface area contributed by atoms with E-state index in [0.29, 0.717) is 0 Å². The van der Waals surface area contributed by atoms with Gasteiger partial charge < -0.3 is 14.7 Å². The summed E-state index contributed by atoms with van der Waals surface area (Å²) in [7, 11) is 0. The Balaban J connectivity index is 2.32. The molecule has 1 aliphatic heterocycles. The highest BCUT2D eigenvalue weighted by molar-refractivity contribution is 5.97. The molecule has 1 heterocycles. The van der Waals surface area contributed by atoms with Crippen LogP contribution in [-0.2, 0) is 4.79 Å². The number of hydrogen-bond acceptors (Lipinski definition) is 3. The summed E-state index contributed by atoms with van der Waals surface area (Å²) >= 11 is 0. The van der Waals surface area contributed by atoms with Crippen LogP contribution in [0, 0.1) is 17.7 Å². The monoisotopic (exact) mass is 349 g/mol. The molecule has 132 valence electrons. The number of aliphatic carboxylic acids is 1. The molecule has 0 aromatic heterocycles. The number of para-hydroxylation sites is 1. The van der Waals surface area contributed by atoms with Gasteiger partial charge in [-0.2, -0.15) is 13.2 Å². The number of carboxylic acids is 1. The van der Waals surface area contributed by atoms with Crippen LogP contribution in [0.15, 0.2) is 18.2 Å². The average molecular weight is 349 g/mol. The maximum Gasteiger partial charge on any atom is 0.394 e. The predicted octanol–water partition coefficient (Wildman–Crippen LogP) is 2.56. The summed E-state index contributed by atoms with van der Waals surface area (Å²) in [6.45, 7) is 0.239. The fourth-order valence-corrected chi connectivity index (χ4v) is 2.69. The topological polar surface area (TPSA) is 66.8 Å². The first-order valence-corrected chi connectivity index (χ1v) is 7.16. The zero-order valence-electron chi connectivity index (χ0n) is 12.6. The Bertz CT molecular complexity index is 647. The third-order valence-electron chi connectivity index (χ3n) is 3.83. The van der Waals surface area contributed by atoms with Crippen LogP contribution in [0.1, 0.15) is 17.3 Å². The Kier molecular flexibility index (Phi) is 5.00. The highest BCUT2D eigenvalue weighted by Gasteiger charge is 2.53. The maximum absolute atomic E-state index is 13.8. The number of nitrogens with zero attached hydrogens (tertiary/aromatic N) is 1. The lowest BCUT2D eigenvalue weighted by atomic mass is 9.96. The van der Waals surface area contributed by atoms with Crippen molar-refractivity contribution in [3.8, 4) is 5.75 Å². The molecule has 0 aliphatic carbocycles. The molecule has 1 aliphatic rings. The van der Waals surface area contributed by atoms with E-state index in [4.69, 9.17) is 9.84 Å². The molecule has 5 nitrogen and oxygen atoms in total. The normalized spacial score (nSPS) is 21.0. The number of carbonyl (C=O) groups is 2. The molecule has 0 radical (unpaired) electrons. The average Bonchev–Trinajstić information content (AvgIpc) is 2.94. The smallest absolute Gasteiger partial charge is 0.394 e. The van der Waals surface area contributed by atoms with Crippen molar-refractivity contribution in [2.45, 2.75) is 13.1 Å². The molecular weight excluding hydrogens is 334 g/mol. The molecule has 0 bridgehead atoms. The zero-order chi connectivity index (χ0) is 18.1. The number of rotatable bonds is 4. The van der Waals surface area contributed by atoms with Gasteiger partial charge in [-0.15, -0.1) is 0 Å². The molecule has 2 rings (SSSR count). The molecule has 0 saturated carbocycles. The first-order chi connectivity index (χ1) is 11.2. The Morgan fingerprint density at radius 3 is 2.50 bits per heavy atom. The minimum Gasteiger partial charge on any atom is -0.490 e. The van der Waals surface area contributed by atoms with Crippen LogP contribution in [0.3, 0.4) is 0 Å². The van der Waals surface area contributed by atoms with E-state index in [9.17, 15) is 27.2 Å². The van der Waals surface area contributed by atoms with Crippen molar-refractivity contribution in [2.75, 3.05) is 19.7 Å². The van der Waals surface area contributed by atoms with Gasteiger partial charge in [-0.25, -0.2) is 4.39 Å². The molecule has 1 N–H and O–H groups in total. The van der Waals surface area contributed by atoms with Crippen molar-refractivity contribution in [3.63, 3.8) is 0 Å². The largest absolute Gasteiger partial charge is 0.490 e. The van der Waals surface area contributed by atoms with Crippen molar-refractivity contribution in [1.29, 1.82) is 0 Å². The fourth-order valence-electron chi connectivity index (χ4n) is 2.69. The van der Waals surface area contributed by atoms with Gasteiger partial charge >= 0.3 is 12.1 Å². The van der Waals surface area contributed by atoms with E-state index < -0.39 is 48.8 Å². The van der Waals surface area contributed by atoms with Crippen LogP contribution in [-0.4, -0.2) is 47.8 Å². The second-order valence-electron chi connectivity index (χ2n) is 5.35. The molecule has 24 heavy (non-hydrogen) atoms. The minimum atomic E-state index is -4.75. The van der Waals surface area contributed by atoms with Crippen molar-refractivity contribution in [3.05, 3.63) is 29.6 Å². The summed E-state index contributed by atoms with van der Waals surface area (Å²) in [5.74, 6) is -7.61. The fraction of sp³-hybridized carbons (Fsp3) is 0.467. The first-order valence-electron chi connectivity index (χ1n) is 7.16. The summed E-state index contributed by atoms with van der Waals surface area (Å²) < 4.78 is 57.8. The molecule has 1 fully saturated rings. The Morgan fingerprint density at radius 1 is 1.33 bits per heavy atom. The highest BCUT2D eigenvalue weighted by atomic mass is 19.4. The Hall–Kier alpha value is -2.32. The Morgan fingerprint density at radius 2 is 2.00 bits per heavy atom. The SMILES string of the molecule is CCOc1c(F)cccc1C(=O)N1C[C@@H](C(F)(F)F)[C@H](C(=O)O)C1. The summed E-state index contributed by atoms with van der Waals surface area (Å²) in [4.78, 5) is 24.3. The highest BCUT2D eigenvalue weighted by Crippen LogP contribution is 2.38. The van der Waals surface area contributed by atoms with Crippen molar-refractivity contribution < 1.29 is 37.0 Å². The summed E-state index contributed by atoms with van der Waals surface area (Å²) in [5.41, 5.74) is -0.233. The van der Waals surface area contributed by atoms with Crippen LogP contribution in [0.4, 0.5) is 17.6 Å². The van der Waals surface area contributed by atoms with E-state index in [1.165, 1.54) is 12.1 Å². The van der Waals surface area contributed by atoms with Gasteiger partial charge in [0.15, 0.2) is 11.6 Å². The lowest BCUT2D eigenvalue weighted by Gasteiger charge is -2.19. The van der Waals surface area contributed by atoms with E-state index >= 15 is 0 Å². The number of ether oxygens (including phenoxy) is 1. The van der Waals surface area contributed by atoms with Crippen LogP contribution >= 0.6 is 0 Å². The van der Waals surface area contributed by atoms with Gasteiger partial charge in [-0.1, -0.05) is 6.07 Å². The number of likely N-dealkylation sites (tertiary alicyclic amines) is 1. The number of benzene rings is 1. The quantitative estimate of drug-likeness (QED) is 0.849. The molecule has 2 atom stereocenters. The van der Waals surface area contributed by atoms with E-state index in [2.05, 4.69) is 0 Å². The lowest BCUT2D eigenvalue weighted by Crippen LogP contribution is -2.34. The van der Waals surface area contributed by atoms with E-state index in [0.717, 1.165) is 11.0 Å². The van der Waals surface area contributed by atoms with Crippen LogP contribution in [0.2, 0.25) is 0 Å². The van der Waals surface area contributed by atoms with Crippen LogP contribution < -0.4 is 4.74 Å². The number of carbonyl (C=O) groups excluding carboxylic acids is 1. The van der Waals surface area contributed by atoms with Gasteiger partial charge in [0, 0.05) is 13.1 Å². The number of alkyl halides is 3. The third kappa shape index (κ3) is 3.44. The molecule has 0 unspecified atom stereocenters. The molecule has 0 spiro atoms. The van der Waals surface area contributed by atoms with E-state index in [1.54, 1.807) is 6.92 Å². The summed E-state index contributed by atoms with van der Waals surface area (Å²) in [5, 5.41) is 8.98. The number of halogens is 4. The first kappa shape index (κ1) is 18.0. The van der Waals surface area contributed by atoms with E-state index in [1.807, 2.05) is 0 Å². The number of hydrogen-bond donors (Lipinski definition) is 1. The zero-order valence-corrected chi connectivity index (χ0v) is 12.6. The molecular formula is C15H15F4NO4. The Labute approximate surface area is 134 Å². The molecule has 1 saturated heterocycles. The van der Waals surface area contributed by atoms with Crippen LogP contribution in [0.25, 0.3) is 0 Å². The second-order valence-corrected chi connectivity index (χ2v) is 5.35. The standard InChI is InChI=1S/C15H15F4NO4/c1-2-24-12-8(4-3-5-11(12)16)13(21)20-6-9(14(22)23)10(7-20)15(17,18)19/h3-5,9-10H,2,6-7H2,1H3,(H,22,23)/t9-,10-/m1/s1. The second kappa shape index (κ2) is 6.66. The van der Waals surface area contributed by atoms with Gasteiger partial charge in [0.1, 0.15) is 0 Å². The molecule has 1 aromatic rings. The van der Waals surface area contributed by atoms with Crippen molar-refractivity contribution in [1.82, 2.24) is 4.90 Å². The van der Waals surface area contributed by atoms with Gasteiger partial charge in [0.2, 0.25) is 0 Å². The molecule has 9 heteroatoms. The molecule has 1 amide bonds. The summed E-state index contributed by atoms with van der Waals surface area (Å²) in [6.07, 6.45) is -4.75. The minimum absolute atomic E-state index is 0.0597. The lowest BCUT2D eigenvalue weighted by molar-refractivity contribution is -0.187. The maximum atomic E-state index is 13.8. The van der Waals surface area contributed by atoms with Gasteiger partial charge in [0.05, 0.1) is 24.0 Å². The van der Waals surface area contributed by atoms with Crippen molar-refractivity contribution in [2.24, 2.45) is 11.8 Å².